The molecule has 0 radical (unpaired) electrons. The van der Waals surface area contributed by atoms with Crippen molar-refractivity contribution in [1.82, 2.24) is 9.88 Å². The lowest BCUT2D eigenvalue weighted by molar-refractivity contribution is 0.136. The van der Waals surface area contributed by atoms with Crippen molar-refractivity contribution in [3.63, 3.8) is 0 Å². The van der Waals surface area contributed by atoms with Gasteiger partial charge in [-0.05, 0) is 37.4 Å². The summed E-state index contributed by atoms with van der Waals surface area (Å²) in [6.45, 7) is 4.52. The van der Waals surface area contributed by atoms with E-state index in [1.807, 2.05) is 12.3 Å². The number of nitrogens with zero attached hydrogens (tertiary/aromatic N) is 2. The highest BCUT2D eigenvalue weighted by Crippen LogP contribution is 2.21. The number of hydrogen-bond donors (Lipinski definition) is 0. The molecule has 2 rings (SSSR count). The lowest BCUT2D eigenvalue weighted by atomic mass is 9.99. The molecule has 1 fully saturated rings. The number of pyridine rings is 1. The van der Waals surface area contributed by atoms with Crippen molar-refractivity contribution in [3.05, 3.63) is 29.0 Å². The Morgan fingerprint density at radius 2 is 2.31 bits per heavy atom. The molecule has 0 aromatic carbocycles. The van der Waals surface area contributed by atoms with E-state index < -0.39 is 0 Å². The summed E-state index contributed by atoms with van der Waals surface area (Å²) in [4.78, 5) is 6.71. The molecule has 0 bridgehead atoms. The third-order valence-corrected chi connectivity index (χ3v) is 3.62. The summed E-state index contributed by atoms with van der Waals surface area (Å²) < 4.78 is 0. The average molecular weight is 239 g/mol. The molecule has 0 aliphatic carbocycles. The van der Waals surface area contributed by atoms with E-state index in [-0.39, 0.29) is 0 Å². The number of hydrogen-bond acceptors (Lipinski definition) is 2. The molecule has 0 N–H and O–H groups in total. The molecule has 1 aromatic heterocycles. The van der Waals surface area contributed by atoms with Crippen molar-refractivity contribution >= 4 is 11.6 Å². The van der Waals surface area contributed by atoms with Crippen LogP contribution in [0.1, 0.15) is 38.2 Å². The molecule has 1 aliphatic heterocycles. The molecular weight excluding hydrogens is 220 g/mol. The summed E-state index contributed by atoms with van der Waals surface area (Å²) in [6.07, 6.45) is 7.20. The van der Waals surface area contributed by atoms with Gasteiger partial charge in [-0.1, -0.05) is 31.0 Å². The third-order valence-electron chi connectivity index (χ3n) is 3.39. The first-order valence-electron chi connectivity index (χ1n) is 6.14. The fourth-order valence-corrected chi connectivity index (χ4v) is 2.58. The quantitative estimate of drug-likeness (QED) is 0.750. The minimum atomic E-state index is 0.578. The Kier molecular flexibility index (Phi) is 4.19. The van der Waals surface area contributed by atoms with Gasteiger partial charge in [-0.2, -0.15) is 0 Å². The van der Waals surface area contributed by atoms with Gasteiger partial charge in [0, 0.05) is 18.8 Å². The van der Waals surface area contributed by atoms with E-state index in [9.17, 15) is 0 Å². The standard InChI is InChI=1S/C13H19ClN2/c1-2-12-5-3-4-8-16(12)10-11-6-7-13(14)15-9-11/h6-7,9,12H,2-5,8,10H2,1H3. The van der Waals surface area contributed by atoms with Crippen LogP contribution in [-0.4, -0.2) is 22.5 Å². The van der Waals surface area contributed by atoms with E-state index in [1.54, 1.807) is 0 Å². The summed E-state index contributed by atoms with van der Waals surface area (Å²) in [7, 11) is 0. The summed E-state index contributed by atoms with van der Waals surface area (Å²) in [5.41, 5.74) is 1.27. The van der Waals surface area contributed by atoms with Crippen LogP contribution in [0.15, 0.2) is 18.3 Å². The van der Waals surface area contributed by atoms with Crippen LogP contribution in [0.2, 0.25) is 5.15 Å². The normalized spacial score (nSPS) is 22.2. The molecule has 3 heteroatoms. The molecule has 0 saturated carbocycles. The summed E-state index contributed by atoms with van der Waals surface area (Å²) >= 11 is 5.79. The van der Waals surface area contributed by atoms with Crippen molar-refractivity contribution in [2.45, 2.75) is 45.2 Å². The van der Waals surface area contributed by atoms with Crippen molar-refractivity contribution in [2.75, 3.05) is 6.54 Å². The maximum atomic E-state index is 5.79. The number of rotatable bonds is 3. The van der Waals surface area contributed by atoms with E-state index in [0.717, 1.165) is 12.6 Å². The monoisotopic (exact) mass is 238 g/mol. The average Bonchev–Trinajstić information content (AvgIpc) is 2.33. The second-order valence-corrected chi connectivity index (χ2v) is 4.90. The van der Waals surface area contributed by atoms with Gasteiger partial charge in [-0.25, -0.2) is 4.98 Å². The number of halogens is 1. The second-order valence-electron chi connectivity index (χ2n) is 4.52. The molecule has 2 heterocycles. The molecule has 1 aromatic rings. The Bertz CT molecular complexity index is 323. The molecule has 1 unspecified atom stereocenters. The van der Waals surface area contributed by atoms with Crippen LogP contribution in [0.4, 0.5) is 0 Å². The number of piperidine rings is 1. The zero-order chi connectivity index (χ0) is 11.4. The number of likely N-dealkylation sites (tertiary alicyclic amines) is 1. The highest BCUT2D eigenvalue weighted by Gasteiger charge is 2.20. The van der Waals surface area contributed by atoms with Crippen LogP contribution in [0, 0.1) is 0 Å². The van der Waals surface area contributed by atoms with Gasteiger partial charge in [0.1, 0.15) is 5.15 Å². The molecular formula is C13H19ClN2. The summed E-state index contributed by atoms with van der Waals surface area (Å²) in [5.74, 6) is 0. The minimum Gasteiger partial charge on any atom is -0.296 e. The maximum Gasteiger partial charge on any atom is 0.129 e. The summed E-state index contributed by atoms with van der Waals surface area (Å²) in [5, 5.41) is 0.578. The van der Waals surface area contributed by atoms with Crippen molar-refractivity contribution in [3.8, 4) is 0 Å². The minimum absolute atomic E-state index is 0.578. The molecule has 0 amide bonds. The zero-order valence-corrected chi connectivity index (χ0v) is 10.6. The maximum absolute atomic E-state index is 5.79. The Hall–Kier alpha value is -0.600. The lowest BCUT2D eigenvalue weighted by Crippen LogP contribution is -2.38. The predicted molar refractivity (Wildman–Crippen MR) is 67.6 cm³/mol. The van der Waals surface area contributed by atoms with Gasteiger partial charge in [0.15, 0.2) is 0 Å². The topological polar surface area (TPSA) is 16.1 Å². The number of aromatic nitrogens is 1. The van der Waals surface area contributed by atoms with E-state index >= 15 is 0 Å². The SMILES string of the molecule is CCC1CCCCN1Cc1ccc(Cl)nc1. The lowest BCUT2D eigenvalue weighted by Gasteiger charge is -2.35. The molecule has 1 aliphatic rings. The molecule has 16 heavy (non-hydrogen) atoms. The first kappa shape index (κ1) is 11.9. The van der Waals surface area contributed by atoms with Crippen LogP contribution in [0.25, 0.3) is 0 Å². The highest BCUT2D eigenvalue weighted by molar-refractivity contribution is 6.29. The van der Waals surface area contributed by atoms with E-state index in [1.165, 1.54) is 37.8 Å². The van der Waals surface area contributed by atoms with Crippen LogP contribution >= 0.6 is 11.6 Å². The van der Waals surface area contributed by atoms with Crippen LogP contribution in [0.5, 0.6) is 0 Å². The Morgan fingerprint density at radius 3 is 3.00 bits per heavy atom. The largest absolute Gasteiger partial charge is 0.296 e. The van der Waals surface area contributed by atoms with Gasteiger partial charge in [0.2, 0.25) is 0 Å². The smallest absolute Gasteiger partial charge is 0.129 e. The molecule has 1 atom stereocenters. The fraction of sp³-hybridized carbons (Fsp3) is 0.615. The van der Waals surface area contributed by atoms with Crippen LogP contribution in [0.3, 0.4) is 0 Å². The molecule has 0 spiro atoms. The van der Waals surface area contributed by atoms with E-state index in [4.69, 9.17) is 11.6 Å². The van der Waals surface area contributed by atoms with Crippen molar-refractivity contribution < 1.29 is 0 Å². The van der Waals surface area contributed by atoms with Crippen LogP contribution in [-0.2, 0) is 6.54 Å². The van der Waals surface area contributed by atoms with Crippen molar-refractivity contribution in [1.29, 1.82) is 0 Å². The molecule has 88 valence electrons. The van der Waals surface area contributed by atoms with Crippen molar-refractivity contribution in [2.24, 2.45) is 0 Å². The molecule has 2 nitrogen and oxygen atoms in total. The van der Waals surface area contributed by atoms with E-state index in [2.05, 4.69) is 22.9 Å². The summed E-state index contributed by atoms with van der Waals surface area (Å²) in [6, 6.07) is 4.71. The Morgan fingerprint density at radius 1 is 1.44 bits per heavy atom. The predicted octanol–water partition coefficient (Wildman–Crippen LogP) is 3.50. The first-order chi connectivity index (χ1) is 7.79. The first-order valence-corrected chi connectivity index (χ1v) is 6.52. The van der Waals surface area contributed by atoms with Gasteiger partial charge in [0.05, 0.1) is 0 Å². The van der Waals surface area contributed by atoms with E-state index in [0.29, 0.717) is 5.15 Å². The van der Waals surface area contributed by atoms with Gasteiger partial charge in [0.25, 0.3) is 0 Å². The van der Waals surface area contributed by atoms with Gasteiger partial charge >= 0.3 is 0 Å². The van der Waals surface area contributed by atoms with Gasteiger partial charge < -0.3 is 0 Å². The third kappa shape index (κ3) is 2.96. The fourth-order valence-electron chi connectivity index (χ4n) is 2.46. The Balaban J connectivity index is 1.99. The Labute approximate surface area is 103 Å². The van der Waals surface area contributed by atoms with Gasteiger partial charge in [-0.15, -0.1) is 0 Å². The highest BCUT2D eigenvalue weighted by atomic mass is 35.5. The molecule has 1 saturated heterocycles. The van der Waals surface area contributed by atoms with Crippen LogP contribution < -0.4 is 0 Å². The second kappa shape index (κ2) is 5.65. The van der Waals surface area contributed by atoms with Gasteiger partial charge in [-0.3, -0.25) is 4.90 Å². The zero-order valence-electron chi connectivity index (χ0n) is 9.82.